The molecule has 0 atom stereocenters. The molecule has 24 heavy (non-hydrogen) atoms. The second-order valence-corrected chi connectivity index (χ2v) is 8.60. The zero-order valence-electron chi connectivity index (χ0n) is 15.1. The fraction of sp³-hybridized carbons (Fsp3) is 0.611. The van der Waals surface area contributed by atoms with Crippen LogP contribution in [0.25, 0.3) is 0 Å². The Balaban J connectivity index is 2.10. The minimum Gasteiger partial charge on any atom is -0.353 e. The largest absolute Gasteiger partial charge is 0.353 e. The molecule has 1 aromatic carbocycles. The molecule has 1 heterocycles. The van der Waals surface area contributed by atoms with Crippen LogP contribution in [0.15, 0.2) is 17.0 Å². The first-order chi connectivity index (χ1) is 11.3. The van der Waals surface area contributed by atoms with Gasteiger partial charge >= 0.3 is 0 Å². The second-order valence-electron chi connectivity index (χ2n) is 6.72. The summed E-state index contributed by atoms with van der Waals surface area (Å²) < 4.78 is 27.6. The number of carbonyl (C=O) groups is 1. The van der Waals surface area contributed by atoms with Crippen molar-refractivity contribution in [1.29, 1.82) is 0 Å². The van der Waals surface area contributed by atoms with Crippen molar-refractivity contribution in [1.82, 2.24) is 9.62 Å². The molecule has 0 radical (unpaired) electrons. The van der Waals surface area contributed by atoms with Crippen LogP contribution in [-0.4, -0.2) is 37.8 Å². The number of nitrogens with zero attached hydrogens (tertiary/aromatic N) is 1. The predicted molar refractivity (Wildman–Crippen MR) is 95.5 cm³/mol. The standard InChI is InChI=1S/C18H28N2O3S/c1-5-6-17(21)19-16-7-9-20(10-8-16)24(22,23)18-14(3)11-13(2)12-15(18)4/h11-12,16H,5-10H2,1-4H3,(H,19,21). The topological polar surface area (TPSA) is 66.5 Å². The molecule has 1 aliphatic heterocycles. The highest BCUT2D eigenvalue weighted by Gasteiger charge is 2.31. The second kappa shape index (κ2) is 7.66. The van der Waals surface area contributed by atoms with Crippen LogP contribution in [0.5, 0.6) is 0 Å². The van der Waals surface area contributed by atoms with Crippen LogP contribution in [0.1, 0.15) is 49.3 Å². The van der Waals surface area contributed by atoms with Crippen LogP contribution >= 0.6 is 0 Å². The van der Waals surface area contributed by atoms with Gasteiger partial charge in [0, 0.05) is 25.6 Å². The Morgan fingerprint density at radius 3 is 2.21 bits per heavy atom. The van der Waals surface area contributed by atoms with E-state index in [2.05, 4.69) is 5.32 Å². The number of carbonyl (C=O) groups excluding carboxylic acids is 1. The van der Waals surface area contributed by atoms with E-state index in [0.717, 1.165) is 23.1 Å². The van der Waals surface area contributed by atoms with Gasteiger partial charge in [0.15, 0.2) is 0 Å². The van der Waals surface area contributed by atoms with Crippen molar-refractivity contribution in [3.63, 3.8) is 0 Å². The van der Waals surface area contributed by atoms with Crippen LogP contribution in [0.4, 0.5) is 0 Å². The summed E-state index contributed by atoms with van der Waals surface area (Å²) in [5.41, 5.74) is 2.66. The van der Waals surface area contributed by atoms with Gasteiger partial charge in [-0.05, 0) is 51.2 Å². The van der Waals surface area contributed by atoms with Crippen molar-refractivity contribution in [2.45, 2.75) is 64.3 Å². The summed E-state index contributed by atoms with van der Waals surface area (Å²) in [7, 11) is -3.48. The average molecular weight is 353 g/mol. The Labute approximate surface area is 145 Å². The zero-order chi connectivity index (χ0) is 17.9. The summed E-state index contributed by atoms with van der Waals surface area (Å²) in [5.74, 6) is 0.0593. The molecule has 6 heteroatoms. The molecule has 0 spiro atoms. The van der Waals surface area contributed by atoms with Crippen molar-refractivity contribution < 1.29 is 13.2 Å². The van der Waals surface area contributed by atoms with E-state index in [-0.39, 0.29) is 11.9 Å². The van der Waals surface area contributed by atoms with Gasteiger partial charge in [-0.3, -0.25) is 4.79 Å². The summed E-state index contributed by atoms with van der Waals surface area (Å²) in [6.45, 7) is 8.55. The van der Waals surface area contributed by atoms with E-state index in [0.29, 0.717) is 37.2 Å². The fourth-order valence-corrected chi connectivity index (χ4v) is 5.35. The van der Waals surface area contributed by atoms with E-state index >= 15 is 0 Å². The summed E-state index contributed by atoms with van der Waals surface area (Å²) in [5, 5.41) is 3.00. The van der Waals surface area contributed by atoms with Crippen LogP contribution in [0.2, 0.25) is 0 Å². The molecule has 1 aromatic rings. The Morgan fingerprint density at radius 2 is 1.71 bits per heavy atom. The highest BCUT2D eigenvalue weighted by molar-refractivity contribution is 7.89. The average Bonchev–Trinajstić information content (AvgIpc) is 2.46. The summed E-state index contributed by atoms with van der Waals surface area (Å²) in [6.07, 6.45) is 2.68. The van der Waals surface area contributed by atoms with Gasteiger partial charge in [-0.15, -0.1) is 0 Å². The number of piperidine rings is 1. The fourth-order valence-electron chi connectivity index (χ4n) is 3.47. The molecule has 0 unspecified atom stereocenters. The van der Waals surface area contributed by atoms with Gasteiger partial charge in [-0.1, -0.05) is 24.6 Å². The Bertz CT molecular complexity index is 682. The molecule has 1 N–H and O–H groups in total. The van der Waals surface area contributed by atoms with Crippen molar-refractivity contribution in [2.75, 3.05) is 13.1 Å². The molecule has 1 saturated heterocycles. The third-order valence-electron chi connectivity index (χ3n) is 4.50. The third-order valence-corrected chi connectivity index (χ3v) is 6.70. The number of hydrogen-bond acceptors (Lipinski definition) is 3. The quantitative estimate of drug-likeness (QED) is 0.886. The van der Waals surface area contributed by atoms with E-state index in [1.165, 1.54) is 0 Å². The van der Waals surface area contributed by atoms with E-state index in [1.54, 1.807) is 4.31 Å². The SMILES string of the molecule is CCCC(=O)NC1CCN(S(=O)(=O)c2c(C)cc(C)cc2C)CC1. The van der Waals surface area contributed by atoms with Gasteiger partial charge in [0.05, 0.1) is 4.90 Å². The van der Waals surface area contributed by atoms with Gasteiger partial charge in [-0.2, -0.15) is 4.31 Å². The first-order valence-electron chi connectivity index (χ1n) is 8.63. The molecule has 1 amide bonds. The predicted octanol–water partition coefficient (Wildman–Crippen LogP) is 2.68. The van der Waals surface area contributed by atoms with E-state index in [4.69, 9.17) is 0 Å². The van der Waals surface area contributed by atoms with Crippen molar-refractivity contribution in [3.8, 4) is 0 Å². The molecule has 1 fully saturated rings. The minimum atomic E-state index is -3.48. The molecule has 0 saturated carbocycles. The Hall–Kier alpha value is -1.40. The van der Waals surface area contributed by atoms with Gasteiger partial charge in [0.1, 0.15) is 0 Å². The molecular formula is C18H28N2O3S. The zero-order valence-corrected chi connectivity index (χ0v) is 15.9. The smallest absolute Gasteiger partial charge is 0.243 e. The lowest BCUT2D eigenvalue weighted by atomic mass is 10.1. The number of rotatable bonds is 5. The first-order valence-corrected chi connectivity index (χ1v) is 10.1. The van der Waals surface area contributed by atoms with Crippen LogP contribution < -0.4 is 5.32 Å². The van der Waals surface area contributed by atoms with Gasteiger partial charge in [0.2, 0.25) is 15.9 Å². The molecule has 0 aliphatic carbocycles. The molecule has 0 aromatic heterocycles. The van der Waals surface area contributed by atoms with Crippen LogP contribution in [0.3, 0.4) is 0 Å². The summed E-state index contributed by atoms with van der Waals surface area (Å²) in [4.78, 5) is 12.1. The third kappa shape index (κ3) is 4.16. The number of nitrogens with one attached hydrogen (secondary N) is 1. The van der Waals surface area contributed by atoms with Crippen LogP contribution in [-0.2, 0) is 14.8 Å². The maximum atomic E-state index is 13.0. The number of sulfonamides is 1. The van der Waals surface area contributed by atoms with E-state index < -0.39 is 10.0 Å². The number of hydrogen-bond donors (Lipinski definition) is 1. The van der Waals surface area contributed by atoms with E-state index in [9.17, 15) is 13.2 Å². The first kappa shape index (κ1) is 18.9. The number of amides is 1. The lowest BCUT2D eigenvalue weighted by Gasteiger charge is -2.32. The maximum Gasteiger partial charge on any atom is 0.243 e. The molecule has 0 bridgehead atoms. The minimum absolute atomic E-state index is 0.0593. The number of aryl methyl sites for hydroxylation is 3. The van der Waals surface area contributed by atoms with Crippen molar-refractivity contribution in [2.24, 2.45) is 0 Å². The van der Waals surface area contributed by atoms with Crippen molar-refractivity contribution in [3.05, 3.63) is 28.8 Å². The lowest BCUT2D eigenvalue weighted by Crippen LogP contribution is -2.46. The van der Waals surface area contributed by atoms with Gasteiger partial charge in [-0.25, -0.2) is 8.42 Å². The van der Waals surface area contributed by atoms with Gasteiger partial charge in [0.25, 0.3) is 0 Å². The highest BCUT2D eigenvalue weighted by Crippen LogP contribution is 2.27. The summed E-state index contributed by atoms with van der Waals surface area (Å²) >= 11 is 0. The molecule has 5 nitrogen and oxygen atoms in total. The Morgan fingerprint density at radius 1 is 1.17 bits per heavy atom. The lowest BCUT2D eigenvalue weighted by molar-refractivity contribution is -0.122. The monoisotopic (exact) mass is 352 g/mol. The normalized spacial score (nSPS) is 17.0. The van der Waals surface area contributed by atoms with Gasteiger partial charge < -0.3 is 5.32 Å². The highest BCUT2D eigenvalue weighted by atomic mass is 32.2. The van der Waals surface area contributed by atoms with Crippen molar-refractivity contribution >= 4 is 15.9 Å². The molecule has 2 rings (SSSR count). The maximum absolute atomic E-state index is 13.0. The molecular weight excluding hydrogens is 324 g/mol. The summed E-state index contributed by atoms with van der Waals surface area (Å²) in [6, 6.07) is 3.91. The Kier molecular flexibility index (Phi) is 6.04. The molecule has 1 aliphatic rings. The number of benzene rings is 1. The molecule has 134 valence electrons. The van der Waals surface area contributed by atoms with Crippen LogP contribution in [0, 0.1) is 20.8 Å². The van der Waals surface area contributed by atoms with E-state index in [1.807, 2.05) is 39.8 Å².